The lowest BCUT2D eigenvalue weighted by molar-refractivity contribution is 0.0202. The van der Waals surface area contributed by atoms with Crippen LogP contribution in [0.4, 0.5) is 0 Å². The Hall–Kier alpha value is -0.870. The molecule has 1 aromatic rings. The third-order valence-electron chi connectivity index (χ3n) is 3.37. The summed E-state index contributed by atoms with van der Waals surface area (Å²) in [6.07, 6.45) is 2.44. The molecule has 3 atom stereocenters. The number of halogens is 1. The molecule has 1 heterocycles. The zero-order valence-electron chi connectivity index (χ0n) is 9.38. The highest BCUT2D eigenvalue weighted by molar-refractivity contribution is 9.18. The molecule has 0 aromatic heterocycles. The van der Waals surface area contributed by atoms with Gasteiger partial charge in [0, 0.05) is 6.42 Å². The van der Waals surface area contributed by atoms with Crippen LogP contribution in [-0.2, 0) is 16.2 Å². The maximum absolute atomic E-state index is 5.92. The first-order valence-corrected chi connectivity index (χ1v) is 6.67. The molecule has 0 amide bonds. The van der Waals surface area contributed by atoms with Gasteiger partial charge in [0.2, 0.25) is 0 Å². The summed E-state index contributed by atoms with van der Waals surface area (Å²) in [5.74, 6) is 0.399. The van der Waals surface area contributed by atoms with Crippen LogP contribution >= 0.6 is 15.9 Å². The Bertz CT molecular complexity index is 421. The van der Waals surface area contributed by atoms with E-state index in [2.05, 4.69) is 33.2 Å². The summed E-state index contributed by atoms with van der Waals surface area (Å²) in [5.41, 5.74) is 1.22. The molecule has 2 aliphatic rings. The Morgan fingerprint density at radius 3 is 2.78 bits per heavy atom. The Balaban J connectivity index is 0.00000120. The molecule has 0 N–H and O–H groups in total. The fourth-order valence-electron chi connectivity index (χ4n) is 2.43. The zero-order chi connectivity index (χ0) is 11.7. The van der Waals surface area contributed by atoms with Crippen molar-refractivity contribution in [2.75, 3.05) is 0 Å². The molecule has 0 spiro atoms. The van der Waals surface area contributed by atoms with Crippen molar-refractivity contribution in [3.63, 3.8) is 0 Å². The van der Waals surface area contributed by atoms with Gasteiger partial charge in [-0.15, -0.1) is 0 Å². The van der Waals surface area contributed by atoms with Crippen molar-refractivity contribution in [2.24, 2.45) is 11.1 Å². The predicted octanol–water partition coefficient (Wildman–Crippen LogP) is 3.73. The predicted molar refractivity (Wildman–Crippen MR) is 75.7 cm³/mol. The lowest BCUT2D eigenvalue weighted by Crippen LogP contribution is -2.12. The molecule has 0 radical (unpaired) electrons. The highest BCUT2D eigenvalue weighted by atomic mass is 79.9. The highest BCUT2D eigenvalue weighted by Gasteiger charge is 2.42. The van der Waals surface area contributed by atoms with E-state index < -0.39 is 0 Å². The van der Waals surface area contributed by atoms with Gasteiger partial charge in [-0.05, 0) is 27.9 Å². The molecule has 98 valence electrons. The van der Waals surface area contributed by atoms with Crippen LogP contribution in [0.2, 0.25) is 0 Å². The van der Waals surface area contributed by atoms with Crippen LogP contribution in [0.25, 0.3) is 0 Å². The Labute approximate surface area is 116 Å². The molecule has 3 unspecified atom stereocenters. The van der Waals surface area contributed by atoms with E-state index in [0.29, 0.717) is 12.5 Å². The van der Waals surface area contributed by atoms with Gasteiger partial charge in [0.1, 0.15) is 10.7 Å². The molecular weight excluding hydrogens is 294 g/mol. The maximum Gasteiger partial charge on any atom is 0.139 e. The van der Waals surface area contributed by atoms with E-state index in [0.717, 1.165) is 17.5 Å². The fourth-order valence-corrected chi connectivity index (χ4v) is 3.00. The van der Waals surface area contributed by atoms with E-state index in [1.165, 1.54) is 5.56 Å². The van der Waals surface area contributed by atoms with Gasteiger partial charge in [0.05, 0.1) is 18.6 Å². The topological polar surface area (TPSA) is 30.8 Å². The molecular formula is C14H18BrNO2. The van der Waals surface area contributed by atoms with Crippen molar-refractivity contribution in [3.05, 3.63) is 35.9 Å². The van der Waals surface area contributed by atoms with Gasteiger partial charge < -0.3 is 9.57 Å². The summed E-state index contributed by atoms with van der Waals surface area (Å²) < 4.78 is 6.86. The first-order valence-electron chi connectivity index (χ1n) is 5.87. The molecule has 1 fully saturated rings. The van der Waals surface area contributed by atoms with Crippen LogP contribution in [-0.4, -0.2) is 16.8 Å². The quantitative estimate of drug-likeness (QED) is 0.851. The van der Waals surface area contributed by atoms with Gasteiger partial charge in [-0.2, -0.15) is 0 Å². The molecule has 4 heteroatoms. The van der Waals surface area contributed by atoms with Crippen LogP contribution in [0, 0.1) is 5.92 Å². The second-order valence-corrected chi connectivity index (χ2v) is 5.37. The normalized spacial score (nSPS) is 29.2. The van der Waals surface area contributed by atoms with E-state index in [-0.39, 0.29) is 19.6 Å². The number of fused-ring (bicyclic) bond motifs is 1. The first-order chi connectivity index (χ1) is 8.33. The molecule has 0 saturated heterocycles. The molecule has 18 heavy (non-hydrogen) atoms. The van der Waals surface area contributed by atoms with Gasteiger partial charge in [0.25, 0.3) is 0 Å². The average Bonchev–Trinajstić information content (AvgIpc) is 2.91. The molecule has 1 aliphatic heterocycles. The summed E-state index contributed by atoms with van der Waals surface area (Å²) in [7, 11) is 0. The second-order valence-electron chi connectivity index (χ2n) is 4.55. The Morgan fingerprint density at radius 1 is 1.28 bits per heavy atom. The van der Waals surface area contributed by atoms with Gasteiger partial charge in [-0.3, -0.25) is 0 Å². The number of hydrogen-bond acceptors (Lipinski definition) is 3. The van der Waals surface area contributed by atoms with Crippen molar-refractivity contribution in [1.82, 2.24) is 0 Å². The standard InChI is InChI=1S/C13H14BrNO2.CH4/c14-13-11-6-10(7-12(11)17-15-13)16-8-9-4-2-1-3-5-9;/h1-5,10-12H,6-8H2;1H4. The van der Waals surface area contributed by atoms with Gasteiger partial charge >= 0.3 is 0 Å². The van der Waals surface area contributed by atoms with E-state index >= 15 is 0 Å². The Kier molecular flexibility index (Phi) is 4.40. The summed E-state index contributed by atoms with van der Waals surface area (Å²) >= 11 is 3.44. The highest BCUT2D eigenvalue weighted by Crippen LogP contribution is 2.37. The SMILES string of the molecule is BrC1=NOC2CC(OCc3ccccc3)CC12.C. The third kappa shape index (κ3) is 2.75. The first kappa shape index (κ1) is 13.6. The number of rotatable bonds is 3. The second kappa shape index (κ2) is 5.85. The summed E-state index contributed by atoms with van der Waals surface area (Å²) in [4.78, 5) is 5.33. The van der Waals surface area contributed by atoms with E-state index in [9.17, 15) is 0 Å². The van der Waals surface area contributed by atoms with Crippen LogP contribution in [0.15, 0.2) is 35.5 Å². The van der Waals surface area contributed by atoms with Crippen molar-refractivity contribution < 1.29 is 9.57 Å². The van der Waals surface area contributed by atoms with Crippen molar-refractivity contribution in [3.8, 4) is 0 Å². The van der Waals surface area contributed by atoms with Gasteiger partial charge in [-0.25, -0.2) is 0 Å². The number of hydrogen-bond donors (Lipinski definition) is 0. The molecule has 1 saturated carbocycles. The van der Waals surface area contributed by atoms with Crippen LogP contribution < -0.4 is 0 Å². The largest absolute Gasteiger partial charge is 0.391 e. The van der Waals surface area contributed by atoms with Gasteiger partial charge in [0.15, 0.2) is 0 Å². The molecule has 1 aliphatic carbocycles. The van der Waals surface area contributed by atoms with Crippen LogP contribution in [0.1, 0.15) is 25.8 Å². The smallest absolute Gasteiger partial charge is 0.139 e. The molecule has 3 nitrogen and oxygen atoms in total. The Morgan fingerprint density at radius 2 is 2.06 bits per heavy atom. The van der Waals surface area contributed by atoms with E-state index in [1.54, 1.807) is 0 Å². The third-order valence-corrected chi connectivity index (χ3v) is 4.10. The number of ether oxygens (including phenoxy) is 1. The van der Waals surface area contributed by atoms with E-state index in [4.69, 9.17) is 9.57 Å². The molecule has 0 bridgehead atoms. The summed E-state index contributed by atoms with van der Waals surface area (Å²) in [6, 6.07) is 10.3. The minimum Gasteiger partial charge on any atom is -0.391 e. The van der Waals surface area contributed by atoms with Crippen molar-refractivity contribution in [1.29, 1.82) is 0 Å². The number of nitrogens with zero attached hydrogens (tertiary/aromatic N) is 1. The fraction of sp³-hybridized carbons (Fsp3) is 0.500. The van der Waals surface area contributed by atoms with Crippen LogP contribution in [0.3, 0.4) is 0 Å². The lowest BCUT2D eigenvalue weighted by Gasteiger charge is -2.11. The monoisotopic (exact) mass is 311 g/mol. The molecule has 1 aromatic carbocycles. The minimum absolute atomic E-state index is 0. The average molecular weight is 312 g/mol. The zero-order valence-corrected chi connectivity index (χ0v) is 11.0. The van der Waals surface area contributed by atoms with Crippen molar-refractivity contribution >= 4 is 20.6 Å². The van der Waals surface area contributed by atoms with E-state index in [1.807, 2.05) is 18.2 Å². The number of benzene rings is 1. The number of oxime groups is 1. The lowest BCUT2D eigenvalue weighted by atomic mass is 10.1. The minimum atomic E-state index is 0. The van der Waals surface area contributed by atoms with Crippen molar-refractivity contribution in [2.45, 2.75) is 39.1 Å². The summed E-state index contributed by atoms with van der Waals surface area (Å²) in [6.45, 7) is 0.680. The van der Waals surface area contributed by atoms with Gasteiger partial charge in [-0.1, -0.05) is 42.9 Å². The van der Waals surface area contributed by atoms with Crippen LogP contribution in [0.5, 0.6) is 0 Å². The molecule has 3 rings (SSSR count). The summed E-state index contributed by atoms with van der Waals surface area (Å²) in [5, 5.41) is 3.95. The maximum atomic E-state index is 5.92.